The van der Waals surface area contributed by atoms with Crippen LogP contribution in [0.25, 0.3) is 0 Å². The van der Waals surface area contributed by atoms with Gasteiger partial charge in [0.25, 0.3) is 0 Å². The van der Waals surface area contributed by atoms with E-state index in [-0.39, 0.29) is 24.0 Å². The molecule has 170 valence electrons. The average Bonchev–Trinajstić information content (AvgIpc) is 2.74. The Hall–Kier alpha value is -1.61. The number of nitrogens with one attached hydrogen (secondary N) is 2. The third-order valence-corrected chi connectivity index (χ3v) is 7.26. The van der Waals surface area contributed by atoms with Gasteiger partial charge in [-0.15, -0.1) is 24.0 Å². The highest BCUT2D eigenvalue weighted by atomic mass is 127. The molecule has 1 aliphatic rings. The van der Waals surface area contributed by atoms with E-state index in [9.17, 15) is 8.42 Å². The number of benzene rings is 2. The van der Waals surface area contributed by atoms with Gasteiger partial charge >= 0.3 is 0 Å². The molecule has 1 aliphatic carbocycles. The van der Waals surface area contributed by atoms with Gasteiger partial charge in [0.15, 0.2) is 15.8 Å². The highest BCUT2D eigenvalue weighted by Gasteiger charge is 2.22. The van der Waals surface area contributed by atoms with Gasteiger partial charge in [-0.2, -0.15) is 0 Å². The first-order chi connectivity index (χ1) is 14.4. The van der Waals surface area contributed by atoms with E-state index in [2.05, 4.69) is 46.0 Å². The molecule has 31 heavy (non-hydrogen) atoms. The molecule has 0 aromatic heterocycles. The van der Waals surface area contributed by atoms with E-state index in [1.807, 2.05) is 19.1 Å². The molecule has 0 unspecified atom stereocenters. The quantitative estimate of drug-likeness (QED) is 0.309. The number of guanidine groups is 1. The number of sulfone groups is 1. The van der Waals surface area contributed by atoms with Crippen molar-refractivity contribution in [3.63, 3.8) is 0 Å². The summed E-state index contributed by atoms with van der Waals surface area (Å²) in [7, 11) is -1.41. The lowest BCUT2D eigenvalue weighted by atomic mass is 9.79. The Morgan fingerprint density at radius 1 is 1.03 bits per heavy atom. The molecule has 0 saturated heterocycles. The van der Waals surface area contributed by atoms with Crippen molar-refractivity contribution in [1.82, 2.24) is 10.6 Å². The Morgan fingerprint density at radius 3 is 2.29 bits per heavy atom. The van der Waals surface area contributed by atoms with Crippen molar-refractivity contribution in [3.05, 3.63) is 65.2 Å². The van der Waals surface area contributed by atoms with Crippen LogP contribution in [0.2, 0.25) is 0 Å². The minimum atomic E-state index is -3.19. The van der Waals surface area contributed by atoms with Gasteiger partial charge in [0.2, 0.25) is 0 Å². The fourth-order valence-electron chi connectivity index (χ4n) is 4.31. The molecule has 0 amide bonds. The minimum absolute atomic E-state index is 0. The van der Waals surface area contributed by atoms with Crippen molar-refractivity contribution in [3.8, 4) is 0 Å². The van der Waals surface area contributed by atoms with Crippen molar-refractivity contribution >= 4 is 39.8 Å². The Kier molecular flexibility index (Phi) is 9.81. The number of rotatable bonds is 6. The molecule has 0 bridgehead atoms. The highest BCUT2D eigenvalue weighted by molar-refractivity contribution is 14.0. The summed E-state index contributed by atoms with van der Waals surface area (Å²) in [6.45, 7) is 3.36. The molecule has 3 rings (SSSR count). The van der Waals surface area contributed by atoms with Crippen molar-refractivity contribution < 1.29 is 8.42 Å². The van der Waals surface area contributed by atoms with Crippen molar-refractivity contribution in [2.24, 2.45) is 10.9 Å². The zero-order chi connectivity index (χ0) is 21.6. The standard InChI is InChI=1S/C24H33N3O2S.HI/c1-18-15-20(11-14-23(18)30(3,28)29)17-27-24(25-2)26-16-19-9-12-22(13-10-19)21-7-5-4-6-8-21;/h4-8,11,14-15,19,22H,9-10,12-13,16-17H2,1-3H3,(H2,25,26,27);1H. The molecule has 0 radical (unpaired) electrons. The molecule has 2 aromatic carbocycles. The van der Waals surface area contributed by atoms with Gasteiger partial charge in [0.05, 0.1) is 4.90 Å². The lowest BCUT2D eigenvalue weighted by Gasteiger charge is -2.29. The van der Waals surface area contributed by atoms with Crippen LogP contribution in [0.15, 0.2) is 58.4 Å². The number of halogens is 1. The van der Waals surface area contributed by atoms with Crippen LogP contribution in [0.3, 0.4) is 0 Å². The lowest BCUT2D eigenvalue weighted by molar-refractivity contribution is 0.324. The number of aliphatic imine (C=N–C) groups is 1. The fourth-order valence-corrected chi connectivity index (χ4v) is 5.27. The second-order valence-electron chi connectivity index (χ2n) is 8.31. The predicted octanol–water partition coefficient (Wildman–Crippen LogP) is 4.66. The zero-order valence-electron chi connectivity index (χ0n) is 18.6. The normalized spacial score (nSPS) is 19.4. The minimum Gasteiger partial charge on any atom is -0.356 e. The summed E-state index contributed by atoms with van der Waals surface area (Å²) in [6, 6.07) is 16.3. The van der Waals surface area contributed by atoms with Crippen LogP contribution in [0, 0.1) is 12.8 Å². The smallest absolute Gasteiger partial charge is 0.191 e. The van der Waals surface area contributed by atoms with E-state index in [1.165, 1.54) is 37.5 Å². The molecular weight excluding hydrogens is 521 g/mol. The largest absolute Gasteiger partial charge is 0.356 e. The van der Waals surface area contributed by atoms with E-state index < -0.39 is 9.84 Å². The second-order valence-corrected chi connectivity index (χ2v) is 10.3. The Morgan fingerprint density at radius 2 is 1.71 bits per heavy atom. The molecule has 7 heteroatoms. The van der Waals surface area contributed by atoms with Crippen LogP contribution in [-0.2, 0) is 16.4 Å². The average molecular weight is 556 g/mol. The molecule has 0 atom stereocenters. The van der Waals surface area contributed by atoms with Gasteiger partial charge in [0, 0.05) is 26.4 Å². The van der Waals surface area contributed by atoms with Crippen LogP contribution in [0.5, 0.6) is 0 Å². The molecule has 5 nitrogen and oxygen atoms in total. The maximum Gasteiger partial charge on any atom is 0.191 e. The van der Waals surface area contributed by atoms with Crippen molar-refractivity contribution in [1.29, 1.82) is 0 Å². The van der Waals surface area contributed by atoms with Crippen LogP contribution >= 0.6 is 24.0 Å². The summed E-state index contributed by atoms with van der Waals surface area (Å²) in [5.41, 5.74) is 3.28. The van der Waals surface area contributed by atoms with Crippen molar-refractivity contribution in [2.75, 3.05) is 19.8 Å². The molecule has 1 saturated carbocycles. The Bertz CT molecular complexity index is 970. The zero-order valence-corrected chi connectivity index (χ0v) is 21.7. The van der Waals surface area contributed by atoms with E-state index in [1.54, 1.807) is 13.1 Å². The number of hydrogen-bond donors (Lipinski definition) is 2. The van der Waals surface area contributed by atoms with Gasteiger partial charge in [-0.3, -0.25) is 4.99 Å². The molecule has 0 heterocycles. The maximum absolute atomic E-state index is 11.8. The second kappa shape index (κ2) is 11.9. The molecule has 2 aromatic rings. The molecule has 0 aliphatic heterocycles. The SMILES string of the molecule is CN=C(NCc1ccc(S(C)(=O)=O)c(C)c1)NCC1CCC(c2ccccc2)CC1.I. The first kappa shape index (κ1) is 25.6. The van der Waals surface area contributed by atoms with Gasteiger partial charge in [-0.25, -0.2) is 8.42 Å². The van der Waals surface area contributed by atoms with E-state index >= 15 is 0 Å². The first-order valence-corrected chi connectivity index (χ1v) is 12.5. The maximum atomic E-state index is 11.8. The van der Waals surface area contributed by atoms with Crippen molar-refractivity contribution in [2.45, 2.75) is 50.0 Å². The monoisotopic (exact) mass is 555 g/mol. The molecule has 1 fully saturated rings. The highest BCUT2D eigenvalue weighted by Crippen LogP contribution is 2.35. The lowest BCUT2D eigenvalue weighted by Crippen LogP contribution is -2.40. The summed E-state index contributed by atoms with van der Waals surface area (Å²) < 4.78 is 23.5. The third-order valence-electron chi connectivity index (χ3n) is 6.00. The van der Waals surface area contributed by atoms with E-state index in [0.717, 1.165) is 23.6 Å². The van der Waals surface area contributed by atoms with Crippen LogP contribution < -0.4 is 10.6 Å². The third kappa shape index (κ3) is 7.49. The Balaban J connectivity index is 0.00000341. The predicted molar refractivity (Wildman–Crippen MR) is 139 cm³/mol. The van der Waals surface area contributed by atoms with Gasteiger partial charge in [0.1, 0.15) is 0 Å². The van der Waals surface area contributed by atoms with Gasteiger partial charge in [-0.05, 0) is 67.2 Å². The van der Waals surface area contributed by atoms with E-state index in [4.69, 9.17) is 0 Å². The molecular formula is C24H34IN3O2S. The van der Waals surface area contributed by atoms with Gasteiger partial charge in [-0.1, -0.05) is 42.5 Å². The van der Waals surface area contributed by atoms with Crippen LogP contribution in [-0.4, -0.2) is 34.2 Å². The number of hydrogen-bond acceptors (Lipinski definition) is 3. The summed E-state index contributed by atoms with van der Waals surface area (Å²) in [5.74, 6) is 2.14. The summed E-state index contributed by atoms with van der Waals surface area (Å²) in [4.78, 5) is 4.72. The molecule has 0 spiro atoms. The summed E-state index contributed by atoms with van der Waals surface area (Å²) in [5, 5.41) is 6.79. The Labute approximate surface area is 204 Å². The first-order valence-electron chi connectivity index (χ1n) is 10.7. The summed E-state index contributed by atoms with van der Waals surface area (Å²) >= 11 is 0. The summed E-state index contributed by atoms with van der Waals surface area (Å²) in [6.07, 6.45) is 6.19. The van der Waals surface area contributed by atoms with E-state index in [0.29, 0.717) is 23.3 Å². The topological polar surface area (TPSA) is 70.6 Å². The fraction of sp³-hybridized carbons (Fsp3) is 0.458. The molecule has 2 N–H and O–H groups in total. The number of aryl methyl sites for hydroxylation is 1. The number of nitrogens with zero attached hydrogens (tertiary/aromatic N) is 1. The van der Waals surface area contributed by atoms with Crippen LogP contribution in [0.1, 0.15) is 48.3 Å². The van der Waals surface area contributed by atoms with Gasteiger partial charge < -0.3 is 10.6 Å². The van der Waals surface area contributed by atoms with Crippen LogP contribution in [0.4, 0.5) is 0 Å².